The number of nitrogens with zero attached hydrogens (tertiary/aromatic N) is 2. The molecule has 0 aliphatic heterocycles. The van der Waals surface area contributed by atoms with Gasteiger partial charge in [-0.05, 0) is 62.0 Å². The van der Waals surface area contributed by atoms with E-state index in [4.69, 9.17) is 16.6 Å². The predicted molar refractivity (Wildman–Crippen MR) is 131 cm³/mol. The zero-order valence-electron chi connectivity index (χ0n) is 17.1. The van der Waals surface area contributed by atoms with Gasteiger partial charge in [0.15, 0.2) is 5.16 Å². The zero-order valence-corrected chi connectivity index (χ0v) is 20.3. The summed E-state index contributed by atoms with van der Waals surface area (Å²) in [5, 5.41) is 6.69. The summed E-state index contributed by atoms with van der Waals surface area (Å²) in [6.07, 6.45) is 0. The van der Waals surface area contributed by atoms with Crippen molar-refractivity contribution >= 4 is 62.2 Å². The normalized spacial score (nSPS) is 12.3. The third-order valence-electron chi connectivity index (χ3n) is 4.94. The van der Waals surface area contributed by atoms with Crippen molar-refractivity contribution in [2.45, 2.75) is 32.0 Å². The molecular weight excluding hydrogens is 470 g/mol. The van der Waals surface area contributed by atoms with E-state index in [0.29, 0.717) is 26.1 Å². The van der Waals surface area contributed by atoms with E-state index in [9.17, 15) is 9.59 Å². The largest absolute Gasteiger partial charge is 0.348 e. The maximum atomic E-state index is 13.4. The first-order valence-electron chi connectivity index (χ1n) is 9.59. The van der Waals surface area contributed by atoms with Crippen molar-refractivity contribution in [3.05, 3.63) is 72.5 Å². The molecule has 1 unspecified atom stereocenters. The maximum Gasteiger partial charge on any atom is 0.267 e. The number of hydrogen-bond acceptors (Lipinski definition) is 6. The third kappa shape index (κ3) is 4.57. The second-order valence-corrected chi connectivity index (χ2v) is 10.6. The smallest absolute Gasteiger partial charge is 0.267 e. The van der Waals surface area contributed by atoms with Crippen molar-refractivity contribution in [1.82, 2.24) is 14.9 Å². The highest BCUT2D eigenvalue weighted by Crippen LogP contribution is 2.30. The highest BCUT2D eigenvalue weighted by molar-refractivity contribution is 7.99. The lowest BCUT2D eigenvalue weighted by Gasteiger charge is -2.14. The van der Waals surface area contributed by atoms with Crippen LogP contribution in [0.15, 0.2) is 51.7 Å². The highest BCUT2D eigenvalue weighted by Gasteiger charge is 2.19. The number of hydrogen-bond donors (Lipinski definition) is 1. The van der Waals surface area contributed by atoms with Crippen LogP contribution in [-0.2, 0) is 4.79 Å². The lowest BCUT2D eigenvalue weighted by atomic mass is 10.2. The molecular formula is C22H20ClN3O2S3. The molecule has 1 N–H and O–H groups in total. The molecule has 3 heterocycles. The van der Waals surface area contributed by atoms with Crippen LogP contribution < -0.4 is 10.9 Å². The van der Waals surface area contributed by atoms with Crippen molar-refractivity contribution in [3.8, 4) is 5.69 Å². The summed E-state index contributed by atoms with van der Waals surface area (Å²) in [6, 6.07) is 10.9. The third-order valence-corrected chi connectivity index (χ3v) is 8.28. The number of benzene rings is 1. The van der Waals surface area contributed by atoms with Crippen LogP contribution >= 0.6 is 46.0 Å². The fourth-order valence-corrected chi connectivity index (χ4v) is 5.97. The molecule has 1 aromatic carbocycles. The number of aryl methyl sites for hydroxylation is 2. The van der Waals surface area contributed by atoms with Gasteiger partial charge in [0.1, 0.15) is 4.83 Å². The Bertz CT molecular complexity index is 1290. The monoisotopic (exact) mass is 489 g/mol. The van der Waals surface area contributed by atoms with E-state index < -0.39 is 0 Å². The quantitative estimate of drug-likeness (QED) is 0.277. The summed E-state index contributed by atoms with van der Waals surface area (Å²) in [5.74, 6) is 0.0476. The molecule has 0 radical (unpaired) electrons. The highest BCUT2D eigenvalue weighted by atomic mass is 35.5. The van der Waals surface area contributed by atoms with Gasteiger partial charge < -0.3 is 5.32 Å². The number of rotatable bonds is 6. The molecule has 0 saturated heterocycles. The summed E-state index contributed by atoms with van der Waals surface area (Å²) in [4.78, 5) is 33.6. The lowest BCUT2D eigenvalue weighted by Crippen LogP contribution is -2.28. The lowest BCUT2D eigenvalue weighted by molar-refractivity contribution is -0.119. The molecule has 9 heteroatoms. The Balaban J connectivity index is 1.67. The van der Waals surface area contributed by atoms with Crippen LogP contribution in [0.2, 0.25) is 5.02 Å². The number of thiophene rings is 2. The number of fused-ring (bicyclic) bond motifs is 1. The van der Waals surface area contributed by atoms with Crippen LogP contribution in [-0.4, -0.2) is 21.2 Å². The number of carbonyl (C=O) groups excluding carboxylic acids is 1. The average molecular weight is 490 g/mol. The predicted octanol–water partition coefficient (Wildman–Crippen LogP) is 5.75. The number of nitrogens with one attached hydrogen (secondary N) is 1. The van der Waals surface area contributed by atoms with E-state index in [1.165, 1.54) is 23.1 Å². The minimum atomic E-state index is -0.135. The Morgan fingerprint density at radius 2 is 2.00 bits per heavy atom. The van der Waals surface area contributed by atoms with Crippen LogP contribution in [0.25, 0.3) is 15.9 Å². The van der Waals surface area contributed by atoms with Crippen LogP contribution in [0, 0.1) is 13.8 Å². The molecule has 0 bridgehead atoms. The molecule has 3 aromatic heterocycles. The molecule has 0 saturated carbocycles. The van der Waals surface area contributed by atoms with Crippen LogP contribution in [0.4, 0.5) is 0 Å². The maximum absolute atomic E-state index is 13.4. The molecule has 1 atom stereocenters. The second-order valence-electron chi connectivity index (χ2n) is 7.07. The molecule has 0 spiro atoms. The van der Waals surface area contributed by atoms with E-state index >= 15 is 0 Å². The minimum Gasteiger partial charge on any atom is -0.348 e. The van der Waals surface area contributed by atoms with Crippen molar-refractivity contribution in [3.63, 3.8) is 0 Å². The molecule has 31 heavy (non-hydrogen) atoms. The zero-order chi connectivity index (χ0) is 22.1. The Morgan fingerprint density at radius 1 is 1.26 bits per heavy atom. The number of thioether (sulfide) groups is 1. The molecule has 0 aliphatic rings. The van der Waals surface area contributed by atoms with Gasteiger partial charge in [0.25, 0.3) is 5.56 Å². The van der Waals surface area contributed by atoms with Gasteiger partial charge in [-0.15, -0.1) is 22.7 Å². The van der Waals surface area contributed by atoms with Crippen LogP contribution in [0.5, 0.6) is 0 Å². The van der Waals surface area contributed by atoms with Gasteiger partial charge in [-0.3, -0.25) is 14.2 Å². The molecule has 160 valence electrons. The fourth-order valence-electron chi connectivity index (χ4n) is 3.21. The van der Waals surface area contributed by atoms with Gasteiger partial charge in [0.2, 0.25) is 5.91 Å². The first-order valence-corrected chi connectivity index (χ1v) is 12.7. The first-order chi connectivity index (χ1) is 14.8. The van der Waals surface area contributed by atoms with E-state index in [2.05, 4.69) is 5.32 Å². The molecule has 0 fully saturated rings. The Kier molecular flexibility index (Phi) is 6.52. The summed E-state index contributed by atoms with van der Waals surface area (Å²) in [6.45, 7) is 5.88. The SMILES string of the molecule is Cc1sc2nc(SCC(=O)NC(C)c3cccs3)n(-c3ccc(Cl)cc3)c(=O)c2c1C. The number of amides is 1. The van der Waals surface area contributed by atoms with Gasteiger partial charge in [-0.1, -0.05) is 29.4 Å². The fraction of sp³-hybridized carbons (Fsp3) is 0.227. The molecule has 5 nitrogen and oxygen atoms in total. The van der Waals surface area contributed by atoms with Gasteiger partial charge in [0.05, 0.1) is 22.9 Å². The Labute approximate surface area is 197 Å². The number of halogens is 1. The number of aromatic nitrogens is 2. The van der Waals surface area contributed by atoms with Crippen molar-refractivity contribution in [2.75, 3.05) is 5.75 Å². The van der Waals surface area contributed by atoms with E-state index in [0.717, 1.165) is 15.3 Å². The number of carbonyl (C=O) groups is 1. The van der Waals surface area contributed by atoms with Crippen molar-refractivity contribution in [2.24, 2.45) is 0 Å². The molecule has 4 aromatic rings. The summed E-state index contributed by atoms with van der Waals surface area (Å²) in [5.41, 5.74) is 1.48. The topological polar surface area (TPSA) is 64.0 Å². The average Bonchev–Trinajstić information content (AvgIpc) is 3.36. The van der Waals surface area contributed by atoms with Crippen LogP contribution in [0.3, 0.4) is 0 Å². The molecule has 1 amide bonds. The van der Waals surface area contributed by atoms with E-state index in [-0.39, 0.29) is 23.3 Å². The first kappa shape index (κ1) is 22.1. The Morgan fingerprint density at radius 3 is 2.68 bits per heavy atom. The summed E-state index contributed by atoms with van der Waals surface area (Å²) >= 11 is 10.4. The van der Waals surface area contributed by atoms with Crippen molar-refractivity contribution in [1.29, 1.82) is 0 Å². The van der Waals surface area contributed by atoms with Gasteiger partial charge >= 0.3 is 0 Å². The van der Waals surface area contributed by atoms with Crippen LogP contribution in [0.1, 0.15) is 28.3 Å². The second kappa shape index (κ2) is 9.16. The van der Waals surface area contributed by atoms with Gasteiger partial charge in [-0.2, -0.15) is 0 Å². The van der Waals surface area contributed by atoms with E-state index in [1.54, 1.807) is 40.2 Å². The van der Waals surface area contributed by atoms with Gasteiger partial charge in [-0.25, -0.2) is 4.98 Å². The minimum absolute atomic E-state index is 0.0652. The summed E-state index contributed by atoms with van der Waals surface area (Å²) in [7, 11) is 0. The standard InChI is InChI=1S/C22H20ClN3O2S3/c1-12-14(3)31-20-19(12)21(28)26(16-8-6-15(23)7-9-16)22(25-20)30-11-18(27)24-13(2)17-5-4-10-29-17/h4-10,13H,11H2,1-3H3,(H,24,27). The Hall–Kier alpha value is -2.13. The van der Waals surface area contributed by atoms with Gasteiger partial charge in [0, 0.05) is 14.8 Å². The van der Waals surface area contributed by atoms with Crippen molar-refractivity contribution < 1.29 is 4.79 Å². The van der Waals surface area contributed by atoms with E-state index in [1.807, 2.05) is 38.3 Å². The molecule has 4 rings (SSSR count). The summed E-state index contributed by atoms with van der Waals surface area (Å²) < 4.78 is 1.57. The molecule has 0 aliphatic carbocycles.